The van der Waals surface area contributed by atoms with E-state index in [9.17, 15) is 4.79 Å². The number of ether oxygens (including phenoxy) is 1. The summed E-state index contributed by atoms with van der Waals surface area (Å²) in [6.07, 6.45) is 4.00. The molecule has 0 saturated carbocycles. The molecule has 3 heteroatoms. The van der Waals surface area contributed by atoms with Crippen molar-refractivity contribution in [1.82, 2.24) is 0 Å². The maximum absolute atomic E-state index is 11.0. The Balaban J connectivity index is 2.41. The second-order valence-corrected chi connectivity index (χ2v) is 3.75. The fourth-order valence-corrected chi connectivity index (χ4v) is 1.92. The highest BCUT2D eigenvalue weighted by atomic mass is 16.5. The highest BCUT2D eigenvalue weighted by molar-refractivity contribution is 5.90. The molecule has 1 N–H and O–H groups in total. The smallest absolute Gasteiger partial charge is 0.336 e. The first-order valence-electron chi connectivity index (χ1n) is 5.27. The minimum atomic E-state index is -0.865. The van der Waals surface area contributed by atoms with Gasteiger partial charge in [0.25, 0.3) is 0 Å². The largest absolute Gasteiger partial charge is 0.493 e. The van der Waals surface area contributed by atoms with Gasteiger partial charge in [0.1, 0.15) is 5.75 Å². The van der Waals surface area contributed by atoms with Crippen LogP contribution in [0, 0.1) is 0 Å². The zero-order chi connectivity index (χ0) is 10.7. The lowest BCUT2D eigenvalue weighted by atomic mass is 9.99. The molecule has 1 aliphatic rings. The zero-order valence-corrected chi connectivity index (χ0v) is 8.53. The fourth-order valence-electron chi connectivity index (χ4n) is 1.92. The Morgan fingerprint density at radius 2 is 2.13 bits per heavy atom. The average molecular weight is 206 g/mol. The number of carboxylic acid groups (broad SMARTS) is 1. The topological polar surface area (TPSA) is 46.5 Å². The van der Waals surface area contributed by atoms with Gasteiger partial charge in [0.2, 0.25) is 0 Å². The second-order valence-electron chi connectivity index (χ2n) is 3.75. The number of aromatic carboxylic acids is 1. The minimum absolute atomic E-state index is 0.384. The van der Waals surface area contributed by atoms with Gasteiger partial charge in [-0.3, -0.25) is 0 Å². The number of carboxylic acids is 1. The Kier molecular flexibility index (Phi) is 2.90. The zero-order valence-electron chi connectivity index (χ0n) is 8.53. The molecule has 15 heavy (non-hydrogen) atoms. The molecule has 0 radical (unpaired) electrons. The van der Waals surface area contributed by atoms with Crippen molar-refractivity contribution in [3.63, 3.8) is 0 Å². The van der Waals surface area contributed by atoms with Crippen LogP contribution in [-0.2, 0) is 6.42 Å². The molecule has 0 fully saturated rings. The van der Waals surface area contributed by atoms with E-state index < -0.39 is 5.97 Å². The Morgan fingerprint density at radius 1 is 1.27 bits per heavy atom. The predicted molar refractivity (Wildman–Crippen MR) is 56.5 cm³/mol. The average Bonchev–Trinajstić information content (AvgIpc) is 2.17. The number of fused-ring (bicyclic) bond motifs is 1. The van der Waals surface area contributed by atoms with E-state index in [-0.39, 0.29) is 0 Å². The fraction of sp³-hybridized carbons (Fsp3) is 0.417. The van der Waals surface area contributed by atoms with Crippen molar-refractivity contribution in [2.75, 3.05) is 6.61 Å². The Morgan fingerprint density at radius 3 is 2.93 bits per heavy atom. The quantitative estimate of drug-likeness (QED) is 0.767. The van der Waals surface area contributed by atoms with Crippen molar-refractivity contribution in [1.29, 1.82) is 0 Å². The minimum Gasteiger partial charge on any atom is -0.493 e. The summed E-state index contributed by atoms with van der Waals surface area (Å²) >= 11 is 0. The van der Waals surface area contributed by atoms with Gasteiger partial charge in [0.15, 0.2) is 0 Å². The second kappa shape index (κ2) is 4.34. The Labute approximate surface area is 88.7 Å². The van der Waals surface area contributed by atoms with Crippen LogP contribution >= 0.6 is 0 Å². The molecule has 0 spiro atoms. The van der Waals surface area contributed by atoms with Crippen molar-refractivity contribution in [3.05, 3.63) is 29.3 Å². The van der Waals surface area contributed by atoms with E-state index in [1.54, 1.807) is 12.1 Å². The third kappa shape index (κ3) is 2.12. The molecule has 0 aliphatic carbocycles. The molecule has 0 amide bonds. The highest BCUT2D eigenvalue weighted by Gasteiger charge is 2.15. The van der Waals surface area contributed by atoms with Gasteiger partial charge in [0.05, 0.1) is 12.2 Å². The van der Waals surface area contributed by atoms with Crippen LogP contribution in [0.25, 0.3) is 0 Å². The molecule has 3 nitrogen and oxygen atoms in total. The lowest BCUT2D eigenvalue weighted by Gasteiger charge is -2.16. The summed E-state index contributed by atoms with van der Waals surface area (Å²) in [5.74, 6) is -0.120. The van der Waals surface area contributed by atoms with Gasteiger partial charge < -0.3 is 9.84 Å². The molecule has 0 saturated heterocycles. The molecule has 80 valence electrons. The maximum atomic E-state index is 11.0. The van der Waals surface area contributed by atoms with E-state index in [0.717, 1.165) is 37.0 Å². The number of benzene rings is 1. The molecule has 1 aliphatic heterocycles. The number of hydrogen-bond acceptors (Lipinski definition) is 2. The third-order valence-electron chi connectivity index (χ3n) is 2.69. The summed E-state index contributed by atoms with van der Waals surface area (Å²) in [5.41, 5.74) is 1.24. The normalized spacial score (nSPS) is 15.7. The van der Waals surface area contributed by atoms with Crippen LogP contribution in [0.4, 0.5) is 0 Å². The first kappa shape index (κ1) is 10.0. The maximum Gasteiger partial charge on any atom is 0.336 e. The molecule has 1 heterocycles. The van der Waals surface area contributed by atoms with Gasteiger partial charge >= 0.3 is 5.97 Å². The lowest BCUT2D eigenvalue weighted by molar-refractivity contribution is 0.0695. The van der Waals surface area contributed by atoms with Gasteiger partial charge in [-0.25, -0.2) is 4.79 Å². The van der Waals surface area contributed by atoms with Crippen molar-refractivity contribution in [3.8, 4) is 5.75 Å². The summed E-state index contributed by atoms with van der Waals surface area (Å²) in [5, 5.41) is 9.05. The van der Waals surface area contributed by atoms with E-state index in [1.165, 1.54) is 0 Å². The van der Waals surface area contributed by atoms with Gasteiger partial charge in [-0.05, 0) is 37.8 Å². The molecular weight excluding hydrogens is 192 g/mol. The highest BCUT2D eigenvalue weighted by Crippen LogP contribution is 2.26. The van der Waals surface area contributed by atoms with Gasteiger partial charge in [-0.15, -0.1) is 0 Å². The third-order valence-corrected chi connectivity index (χ3v) is 2.69. The molecule has 0 aromatic heterocycles. The Bertz CT molecular complexity index is 371. The first-order valence-corrected chi connectivity index (χ1v) is 5.27. The van der Waals surface area contributed by atoms with Crippen molar-refractivity contribution in [2.24, 2.45) is 0 Å². The standard InChI is InChI=1S/C12H14O3/c13-12(14)10-6-4-7-11-9(10)5-2-1-3-8-15-11/h4,6-7H,1-3,5,8H2,(H,13,14). The van der Waals surface area contributed by atoms with Crippen LogP contribution in [-0.4, -0.2) is 17.7 Å². The predicted octanol–water partition coefficient (Wildman–Crippen LogP) is 2.49. The van der Waals surface area contributed by atoms with E-state index in [0.29, 0.717) is 12.2 Å². The van der Waals surface area contributed by atoms with Crippen molar-refractivity contribution >= 4 is 5.97 Å². The van der Waals surface area contributed by atoms with E-state index in [1.807, 2.05) is 6.07 Å². The van der Waals surface area contributed by atoms with Crippen LogP contribution in [0.5, 0.6) is 5.75 Å². The SMILES string of the molecule is O=C(O)c1cccc2c1CCCCCO2. The lowest BCUT2D eigenvalue weighted by Crippen LogP contribution is -2.09. The van der Waals surface area contributed by atoms with Gasteiger partial charge in [-0.1, -0.05) is 6.07 Å². The number of hydrogen-bond donors (Lipinski definition) is 1. The molecular formula is C12H14O3. The van der Waals surface area contributed by atoms with Crippen molar-refractivity contribution < 1.29 is 14.6 Å². The summed E-state index contributed by atoms with van der Waals surface area (Å²) < 4.78 is 5.56. The number of carbonyl (C=O) groups is 1. The molecule has 0 bridgehead atoms. The molecule has 1 aromatic rings. The van der Waals surface area contributed by atoms with Crippen molar-refractivity contribution in [2.45, 2.75) is 25.7 Å². The van der Waals surface area contributed by atoms with Crippen LogP contribution in [0.2, 0.25) is 0 Å². The summed E-state index contributed by atoms with van der Waals surface area (Å²) in [6, 6.07) is 5.24. The van der Waals surface area contributed by atoms with Gasteiger partial charge in [-0.2, -0.15) is 0 Å². The summed E-state index contributed by atoms with van der Waals surface area (Å²) in [6.45, 7) is 0.691. The molecule has 0 unspecified atom stereocenters. The van der Waals surface area contributed by atoms with Crippen LogP contribution < -0.4 is 4.74 Å². The van der Waals surface area contributed by atoms with E-state index in [4.69, 9.17) is 9.84 Å². The monoisotopic (exact) mass is 206 g/mol. The van der Waals surface area contributed by atoms with Gasteiger partial charge in [0, 0.05) is 5.56 Å². The molecule has 0 atom stereocenters. The Hall–Kier alpha value is -1.51. The molecule has 2 rings (SSSR count). The van der Waals surface area contributed by atoms with E-state index >= 15 is 0 Å². The summed E-state index contributed by atoms with van der Waals surface area (Å²) in [7, 11) is 0. The number of rotatable bonds is 1. The van der Waals surface area contributed by atoms with Crippen LogP contribution in [0.15, 0.2) is 18.2 Å². The van der Waals surface area contributed by atoms with Crippen LogP contribution in [0.3, 0.4) is 0 Å². The van der Waals surface area contributed by atoms with Crippen LogP contribution in [0.1, 0.15) is 35.2 Å². The summed E-state index contributed by atoms with van der Waals surface area (Å²) in [4.78, 5) is 11.0. The first-order chi connectivity index (χ1) is 7.29. The van der Waals surface area contributed by atoms with E-state index in [2.05, 4.69) is 0 Å². The molecule has 1 aromatic carbocycles.